The van der Waals surface area contributed by atoms with Gasteiger partial charge in [0.2, 0.25) is 5.91 Å². The van der Waals surface area contributed by atoms with Gasteiger partial charge in [-0.15, -0.1) is 0 Å². The van der Waals surface area contributed by atoms with Crippen molar-refractivity contribution < 1.29 is 14.3 Å². The van der Waals surface area contributed by atoms with Gasteiger partial charge < -0.3 is 15.4 Å². The molecule has 0 radical (unpaired) electrons. The summed E-state index contributed by atoms with van der Waals surface area (Å²) in [5.74, 6) is 0.787. The van der Waals surface area contributed by atoms with E-state index in [2.05, 4.69) is 34.9 Å². The Morgan fingerprint density at radius 3 is 2.16 bits per heavy atom. The number of benzene rings is 3. The fourth-order valence-corrected chi connectivity index (χ4v) is 3.71. The van der Waals surface area contributed by atoms with Crippen molar-refractivity contribution in [1.82, 2.24) is 5.32 Å². The van der Waals surface area contributed by atoms with Crippen molar-refractivity contribution in [2.75, 3.05) is 18.5 Å². The lowest BCUT2D eigenvalue weighted by Gasteiger charge is -2.18. The molecule has 32 heavy (non-hydrogen) atoms. The van der Waals surface area contributed by atoms with Crippen LogP contribution in [-0.4, -0.2) is 25.0 Å². The molecule has 0 bridgehead atoms. The summed E-state index contributed by atoms with van der Waals surface area (Å²) < 4.78 is 5.63. The van der Waals surface area contributed by atoms with Crippen LogP contribution in [0.3, 0.4) is 0 Å². The standard InChI is InChI=1S/C27H28N2O3/c30-26(19-32-24-13-7-12-23(18-24)29-27(31)22-14-15-22)28-17-16-25(20-8-3-1-4-9-20)21-10-5-2-6-11-21/h1-13,18,22,25H,14-17,19H2,(H,28,30)(H,29,31). The van der Waals surface area contributed by atoms with E-state index in [1.54, 1.807) is 18.2 Å². The molecule has 5 nitrogen and oxygen atoms in total. The van der Waals surface area contributed by atoms with Crippen LogP contribution in [0.5, 0.6) is 5.75 Å². The van der Waals surface area contributed by atoms with Gasteiger partial charge in [-0.25, -0.2) is 0 Å². The maximum atomic E-state index is 12.3. The van der Waals surface area contributed by atoms with E-state index in [4.69, 9.17) is 4.74 Å². The summed E-state index contributed by atoms with van der Waals surface area (Å²) in [5, 5.41) is 5.85. The van der Waals surface area contributed by atoms with E-state index in [0.717, 1.165) is 19.3 Å². The topological polar surface area (TPSA) is 67.4 Å². The van der Waals surface area contributed by atoms with Gasteiger partial charge in [0, 0.05) is 30.1 Å². The Kier molecular flexibility index (Phi) is 7.18. The average molecular weight is 429 g/mol. The zero-order valence-electron chi connectivity index (χ0n) is 18.0. The van der Waals surface area contributed by atoms with E-state index in [9.17, 15) is 9.59 Å². The maximum Gasteiger partial charge on any atom is 0.257 e. The van der Waals surface area contributed by atoms with Crippen LogP contribution in [0.1, 0.15) is 36.3 Å². The number of amides is 2. The Bertz CT molecular complexity index is 994. The van der Waals surface area contributed by atoms with Gasteiger partial charge >= 0.3 is 0 Å². The molecule has 0 spiro atoms. The number of ether oxygens (including phenoxy) is 1. The molecule has 1 fully saturated rings. The van der Waals surface area contributed by atoms with E-state index in [1.807, 2.05) is 42.5 Å². The molecule has 0 atom stereocenters. The lowest BCUT2D eigenvalue weighted by atomic mass is 9.88. The molecule has 0 aromatic heterocycles. The Balaban J connectivity index is 1.26. The second-order valence-electron chi connectivity index (χ2n) is 8.09. The summed E-state index contributed by atoms with van der Waals surface area (Å²) in [6, 6.07) is 27.8. The van der Waals surface area contributed by atoms with Crippen molar-refractivity contribution in [3.8, 4) is 5.75 Å². The minimum atomic E-state index is -0.169. The highest BCUT2D eigenvalue weighted by Crippen LogP contribution is 2.30. The average Bonchev–Trinajstić information content (AvgIpc) is 3.68. The molecule has 3 aromatic carbocycles. The van der Waals surface area contributed by atoms with Gasteiger partial charge in [0.15, 0.2) is 6.61 Å². The summed E-state index contributed by atoms with van der Waals surface area (Å²) in [6.07, 6.45) is 2.71. The number of anilines is 1. The smallest absolute Gasteiger partial charge is 0.257 e. The van der Waals surface area contributed by atoms with Crippen LogP contribution >= 0.6 is 0 Å². The Hall–Kier alpha value is -3.60. The van der Waals surface area contributed by atoms with Crippen molar-refractivity contribution in [1.29, 1.82) is 0 Å². The predicted molar refractivity (Wildman–Crippen MR) is 126 cm³/mol. The van der Waals surface area contributed by atoms with E-state index in [0.29, 0.717) is 18.0 Å². The highest BCUT2D eigenvalue weighted by molar-refractivity contribution is 5.94. The molecule has 1 aliphatic rings. The van der Waals surface area contributed by atoms with Gasteiger partial charge in [0.05, 0.1) is 0 Å². The third-order valence-electron chi connectivity index (χ3n) is 5.58. The van der Waals surface area contributed by atoms with Crippen LogP contribution in [0, 0.1) is 5.92 Å². The zero-order valence-corrected chi connectivity index (χ0v) is 18.0. The first kappa shape index (κ1) is 21.6. The molecule has 2 amide bonds. The van der Waals surface area contributed by atoms with Crippen molar-refractivity contribution in [3.05, 3.63) is 96.1 Å². The molecule has 0 heterocycles. The summed E-state index contributed by atoms with van der Waals surface area (Å²) in [5.41, 5.74) is 3.15. The predicted octanol–water partition coefficient (Wildman–Crippen LogP) is 4.75. The quantitative estimate of drug-likeness (QED) is 0.490. The number of rotatable bonds is 10. The molecule has 164 valence electrons. The fourth-order valence-electron chi connectivity index (χ4n) is 3.71. The first-order valence-corrected chi connectivity index (χ1v) is 11.1. The molecule has 0 aliphatic heterocycles. The second kappa shape index (κ2) is 10.6. The third kappa shape index (κ3) is 6.20. The van der Waals surface area contributed by atoms with Crippen molar-refractivity contribution in [2.24, 2.45) is 5.92 Å². The van der Waals surface area contributed by atoms with E-state index >= 15 is 0 Å². The molecule has 0 unspecified atom stereocenters. The van der Waals surface area contributed by atoms with E-state index in [-0.39, 0.29) is 30.3 Å². The van der Waals surface area contributed by atoms with Crippen LogP contribution in [0.2, 0.25) is 0 Å². The summed E-state index contributed by atoms with van der Waals surface area (Å²) >= 11 is 0. The molecule has 2 N–H and O–H groups in total. The highest BCUT2D eigenvalue weighted by atomic mass is 16.5. The van der Waals surface area contributed by atoms with Gasteiger partial charge in [0.1, 0.15) is 5.75 Å². The molecule has 1 saturated carbocycles. The molecule has 5 heteroatoms. The highest BCUT2D eigenvalue weighted by Gasteiger charge is 2.29. The van der Waals surface area contributed by atoms with E-state index in [1.165, 1.54) is 11.1 Å². The van der Waals surface area contributed by atoms with Gasteiger partial charge in [0.25, 0.3) is 5.91 Å². The molecule has 3 aromatic rings. The van der Waals surface area contributed by atoms with E-state index < -0.39 is 0 Å². The monoisotopic (exact) mass is 428 g/mol. The molecular formula is C27H28N2O3. The number of hydrogen-bond donors (Lipinski definition) is 2. The largest absolute Gasteiger partial charge is 0.484 e. The summed E-state index contributed by atoms with van der Waals surface area (Å²) in [7, 11) is 0. The lowest BCUT2D eigenvalue weighted by molar-refractivity contribution is -0.123. The number of hydrogen-bond acceptors (Lipinski definition) is 3. The first-order valence-electron chi connectivity index (χ1n) is 11.1. The molecule has 1 aliphatic carbocycles. The molecular weight excluding hydrogens is 400 g/mol. The maximum absolute atomic E-state index is 12.3. The Morgan fingerprint density at radius 1 is 0.875 bits per heavy atom. The number of carbonyl (C=O) groups is 2. The molecule has 0 saturated heterocycles. The van der Waals surface area contributed by atoms with Crippen LogP contribution in [0.25, 0.3) is 0 Å². The number of carbonyl (C=O) groups excluding carboxylic acids is 2. The Labute approximate surface area is 188 Å². The van der Waals surface area contributed by atoms with Gasteiger partial charge in [-0.2, -0.15) is 0 Å². The SMILES string of the molecule is O=C(COc1cccc(NC(=O)C2CC2)c1)NCCC(c1ccccc1)c1ccccc1. The Morgan fingerprint density at radius 2 is 1.53 bits per heavy atom. The summed E-state index contributed by atoms with van der Waals surface area (Å²) in [6.45, 7) is 0.482. The fraction of sp³-hybridized carbons (Fsp3) is 0.259. The lowest BCUT2D eigenvalue weighted by Crippen LogP contribution is -2.30. The minimum Gasteiger partial charge on any atom is -0.484 e. The normalized spacial score (nSPS) is 12.9. The number of nitrogens with one attached hydrogen (secondary N) is 2. The first-order chi connectivity index (χ1) is 15.7. The van der Waals surface area contributed by atoms with Gasteiger partial charge in [-0.1, -0.05) is 66.7 Å². The van der Waals surface area contributed by atoms with Crippen molar-refractivity contribution >= 4 is 17.5 Å². The van der Waals surface area contributed by atoms with Gasteiger partial charge in [-0.3, -0.25) is 9.59 Å². The molecule has 4 rings (SSSR count). The minimum absolute atomic E-state index is 0.0475. The van der Waals surface area contributed by atoms with Crippen molar-refractivity contribution in [3.63, 3.8) is 0 Å². The van der Waals surface area contributed by atoms with Crippen LogP contribution in [-0.2, 0) is 9.59 Å². The van der Waals surface area contributed by atoms with Gasteiger partial charge in [-0.05, 0) is 42.5 Å². The summed E-state index contributed by atoms with van der Waals surface area (Å²) in [4.78, 5) is 24.2. The second-order valence-corrected chi connectivity index (χ2v) is 8.09. The van der Waals surface area contributed by atoms with Crippen LogP contribution < -0.4 is 15.4 Å². The van der Waals surface area contributed by atoms with Crippen LogP contribution in [0.4, 0.5) is 5.69 Å². The van der Waals surface area contributed by atoms with Crippen LogP contribution in [0.15, 0.2) is 84.9 Å². The zero-order chi connectivity index (χ0) is 22.2. The van der Waals surface area contributed by atoms with Crippen molar-refractivity contribution in [2.45, 2.75) is 25.2 Å². The third-order valence-corrected chi connectivity index (χ3v) is 5.58.